The molecule has 0 atom stereocenters. The van der Waals surface area contributed by atoms with Crippen LogP contribution in [-0.4, -0.2) is 9.97 Å². The molecule has 4 N–H and O–H groups in total. The molecule has 0 aliphatic carbocycles. The van der Waals surface area contributed by atoms with E-state index >= 15 is 0 Å². The Morgan fingerprint density at radius 2 is 1.80 bits per heavy atom. The number of nitrogens with two attached hydrogens (primary N) is 1. The fourth-order valence-electron chi connectivity index (χ4n) is 2.01. The van der Waals surface area contributed by atoms with Gasteiger partial charge in [0.1, 0.15) is 5.82 Å². The van der Waals surface area contributed by atoms with Gasteiger partial charge in [-0.2, -0.15) is 4.98 Å². The first-order chi connectivity index (χ1) is 9.78. The maximum Gasteiger partial charge on any atom is 0.239 e. The van der Waals surface area contributed by atoms with Crippen molar-refractivity contribution in [1.29, 1.82) is 0 Å². The number of rotatable bonds is 3. The number of hydrogen-bond acceptors (Lipinski definition) is 5. The van der Waals surface area contributed by atoms with Crippen molar-refractivity contribution in [2.45, 2.75) is 0 Å². The van der Waals surface area contributed by atoms with Crippen LogP contribution < -0.4 is 16.6 Å². The van der Waals surface area contributed by atoms with Crippen LogP contribution in [0.15, 0.2) is 53.1 Å². The van der Waals surface area contributed by atoms with Crippen molar-refractivity contribution in [3.05, 3.63) is 53.1 Å². The van der Waals surface area contributed by atoms with E-state index in [1.165, 1.54) is 0 Å². The summed E-state index contributed by atoms with van der Waals surface area (Å²) in [5.41, 5.74) is 3.41. The molecule has 2 aromatic carbocycles. The second-order valence-corrected chi connectivity index (χ2v) is 5.03. The fourth-order valence-corrected chi connectivity index (χ4v) is 2.49. The molecular weight excluding hydrogens is 318 g/mol. The van der Waals surface area contributed by atoms with E-state index in [1.54, 1.807) is 12.3 Å². The molecule has 100 valence electrons. The summed E-state index contributed by atoms with van der Waals surface area (Å²) in [6, 6.07) is 13.9. The molecule has 0 bridgehead atoms. The zero-order valence-corrected chi connectivity index (χ0v) is 12.1. The molecule has 0 aliphatic rings. The summed E-state index contributed by atoms with van der Waals surface area (Å²) in [6.07, 6.45) is 1.64. The van der Waals surface area contributed by atoms with Gasteiger partial charge in [-0.3, -0.25) is 5.43 Å². The minimum atomic E-state index is 0.372. The van der Waals surface area contributed by atoms with Gasteiger partial charge in [-0.05, 0) is 23.6 Å². The van der Waals surface area contributed by atoms with Crippen molar-refractivity contribution in [2.24, 2.45) is 5.84 Å². The van der Waals surface area contributed by atoms with Crippen LogP contribution in [0.1, 0.15) is 0 Å². The van der Waals surface area contributed by atoms with E-state index in [9.17, 15) is 0 Å². The molecule has 0 radical (unpaired) electrons. The number of nitrogens with zero attached hydrogens (tertiary/aromatic N) is 2. The molecule has 0 spiro atoms. The van der Waals surface area contributed by atoms with E-state index in [0.29, 0.717) is 11.8 Å². The molecule has 6 heteroatoms. The van der Waals surface area contributed by atoms with Crippen LogP contribution in [-0.2, 0) is 0 Å². The monoisotopic (exact) mass is 329 g/mol. The Kier molecular flexibility index (Phi) is 3.49. The Hall–Kier alpha value is -2.18. The second kappa shape index (κ2) is 5.44. The third kappa shape index (κ3) is 2.43. The molecule has 0 saturated carbocycles. The van der Waals surface area contributed by atoms with Gasteiger partial charge in [0.15, 0.2) is 0 Å². The van der Waals surface area contributed by atoms with Crippen LogP contribution in [0.3, 0.4) is 0 Å². The van der Waals surface area contributed by atoms with Crippen molar-refractivity contribution in [3.8, 4) is 0 Å². The van der Waals surface area contributed by atoms with Crippen LogP contribution in [0.25, 0.3) is 10.8 Å². The smallest absolute Gasteiger partial charge is 0.239 e. The molecule has 0 aliphatic heterocycles. The Bertz CT molecular complexity index is 759. The quantitative estimate of drug-likeness (QED) is 0.507. The molecular formula is C14H12BrN5. The summed E-state index contributed by atoms with van der Waals surface area (Å²) in [5, 5.41) is 5.54. The lowest BCUT2D eigenvalue weighted by Crippen LogP contribution is -2.10. The average molecular weight is 330 g/mol. The number of halogens is 1. The Labute approximate surface area is 124 Å². The summed E-state index contributed by atoms with van der Waals surface area (Å²) in [4.78, 5) is 8.23. The average Bonchev–Trinajstić information content (AvgIpc) is 2.51. The van der Waals surface area contributed by atoms with Gasteiger partial charge in [-0.25, -0.2) is 10.8 Å². The number of benzene rings is 2. The molecule has 3 aromatic rings. The highest BCUT2D eigenvalue weighted by Crippen LogP contribution is 2.31. The molecule has 1 aromatic heterocycles. The molecule has 1 heterocycles. The van der Waals surface area contributed by atoms with Crippen LogP contribution in [0.5, 0.6) is 0 Å². The number of aromatic nitrogens is 2. The second-order valence-electron chi connectivity index (χ2n) is 4.18. The number of hydrogen-bond donors (Lipinski definition) is 3. The van der Waals surface area contributed by atoms with E-state index in [1.807, 2.05) is 24.3 Å². The van der Waals surface area contributed by atoms with E-state index in [-0.39, 0.29) is 0 Å². The molecule has 0 saturated heterocycles. The topological polar surface area (TPSA) is 75.9 Å². The zero-order chi connectivity index (χ0) is 13.9. The first-order valence-electron chi connectivity index (χ1n) is 6.02. The summed E-state index contributed by atoms with van der Waals surface area (Å²) in [7, 11) is 0. The van der Waals surface area contributed by atoms with Crippen molar-refractivity contribution >= 4 is 44.2 Å². The lowest BCUT2D eigenvalue weighted by atomic mass is 10.1. The fraction of sp³-hybridized carbons (Fsp3) is 0. The number of fused-ring (bicyclic) bond motifs is 1. The van der Waals surface area contributed by atoms with Gasteiger partial charge in [0.2, 0.25) is 5.95 Å². The van der Waals surface area contributed by atoms with E-state index in [2.05, 4.69) is 48.8 Å². The first kappa shape index (κ1) is 12.8. The normalized spacial score (nSPS) is 10.5. The van der Waals surface area contributed by atoms with Gasteiger partial charge in [-0.15, -0.1) is 0 Å². The summed E-state index contributed by atoms with van der Waals surface area (Å²) < 4.78 is 1.06. The highest BCUT2D eigenvalue weighted by molar-refractivity contribution is 9.10. The molecule has 20 heavy (non-hydrogen) atoms. The van der Waals surface area contributed by atoms with E-state index < -0.39 is 0 Å². The van der Waals surface area contributed by atoms with E-state index in [4.69, 9.17) is 5.84 Å². The Morgan fingerprint density at radius 3 is 2.60 bits per heavy atom. The lowest BCUT2D eigenvalue weighted by Gasteiger charge is -2.10. The predicted octanol–water partition coefficient (Wildman–Crippen LogP) is 3.42. The van der Waals surface area contributed by atoms with Crippen LogP contribution in [0, 0.1) is 0 Å². The van der Waals surface area contributed by atoms with Crippen LogP contribution >= 0.6 is 15.9 Å². The van der Waals surface area contributed by atoms with Gasteiger partial charge < -0.3 is 5.32 Å². The van der Waals surface area contributed by atoms with Gasteiger partial charge >= 0.3 is 0 Å². The van der Waals surface area contributed by atoms with Gasteiger partial charge in [0.05, 0.1) is 0 Å². The standard InChI is InChI=1S/C14H12BrN5/c15-11-5-6-12(10-4-2-1-3-9(10)11)18-13-7-8-17-14(19-13)20-16/h1-8H,16H2,(H2,17,18,19,20). The Balaban J connectivity index is 2.04. The number of hydrazine groups is 1. The minimum Gasteiger partial charge on any atom is -0.340 e. The predicted molar refractivity (Wildman–Crippen MR) is 84.8 cm³/mol. The minimum absolute atomic E-state index is 0.372. The van der Waals surface area contributed by atoms with Crippen molar-refractivity contribution in [1.82, 2.24) is 9.97 Å². The number of nitrogen functional groups attached to an aromatic ring is 1. The van der Waals surface area contributed by atoms with Gasteiger partial charge in [0, 0.05) is 21.7 Å². The molecule has 0 fully saturated rings. The SMILES string of the molecule is NNc1nccc(Nc2ccc(Br)c3ccccc23)n1. The number of nitrogens with one attached hydrogen (secondary N) is 2. The molecule has 3 rings (SSSR count). The maximum absolute atomic E-state index is 5.31. The summed E-state index contributed by atoms with van der Waals surface area (Å²) >= 11 is 3.56. The van der Waals surface area contributed by atoms with Gasteiger partial charge in [-0.1, -0.05) is 40.2 Å². The van der Waals surface area contributed by atoms with Crippen molar-refractivity contribution < 1.29 is 0 Å². The molecule has 0 amide bonds. The Morgan fingerprint density at radius 1 is 1.00 bits per heavy atom. The van der Waals surface area contributed by atoms with Crippen molar-refractivity contribution in [2.75, 3.05) is 10.7 Å². The highest BCUT2D eigenvalue weighted by Gasteiger charge is 2.05. The largest absolute Gasteiger partial charge is 0.340 e. The zero-order valence-electron chi connectivity index (χ0n) is 10.5. The molecule has 5 nitrogen and oxygen atoms in total. The highest BCUT2D eigenvalue weighted by atomic mass is 79.9. The van der Waals surface area contributed by atoms with Crippen LogP contribution in [0.4, 0.5) is 17.5 Å². The summed E-state index contributed by atoms with van der Waals surface area (Å²) in [6.45, 7) is 0. The van der Waals surface area contributed by atoms with Crippen LogP contribution in [0.2, 0.25) is 0 Å². The molecule has 0 unspecified atom stereocenters. The third-order valence-electron chi connectivity index (χ3n) is 2.92. The lowest BCUT2D eigenvalue weighted by molar-refractivity contribution is 1.12. The van der Waals surface area contributed by atoms with Crippen molar-refractivity contribution in [3.63, 3.8) is 0 Å². The maximum atomic E-state index is 5.31. The van der Waals surface area contributed by atoms with Gasteiger partial charge in [0.25, 0.3) is 0 Å². The first-order valence-corrected chi connectivity index (χ1v) is 6.81. The summed E-state index contributed by atoms with van der Waals surface area (Å²) in [5.74, 6) is 6.37. The third-order valence-corrected chi connectivity index (χ3v) is 3.61. The number of anilines is 3. The van der Waals surface area contributed by atoms with E-state index in [0.717, 1.165) is 20.9 Å².